The summed E-state index contributed by atoms with van der Waals surface area (Å²) in [5.41, 5.74) is 0.949. The lowest BCUT2D eigenvalue weighted by Crippen LogP contribution is -1.99. The van der Waals surface area contributed by atoms with Gasteiger partial charge in [-0.15, -0.1) is 0 Å². The number of aromatic nitrogens is 4. The van der Waals surface area contributed by atoms with Gasteiger partial charge in [0.25, 0.3) is 0 Å². The largest absolute Gasteiger partial charge is 0.250 e. The van der Waals surface area contributed by atoms with Gasteiger partial charge < -0.3 is 0 Å². The van der Waals surface area contributed by atoms with Crippen molar-refractivity contribution < 1.29 is 0 Å². The number of fused-ring (bicyclic) bond motifs is 1. The van der Waals surface area contributed by atoms with Gasteiger partial charge in [0, 0.05) is 24.0 Å². The molecule has 0 aliphatic heterocycles. The monoisotopic (exact) mass is 196 g/mol. The van der Waals surface area contributed by atoms with E-state index in [4.69, 9.17) is 0 Å². The van der Waals surface area contributed by atoms with Crippen molar-refractivity contribution in [1.82, 2.24) is 19.7 Å². The molecule has 0 aliphatic rings. The third-order valence-electron chi connectivity index (χ3n) is 2.17. The molecule has 0 saturated heterocycles. The van der Waals surface area contributed by atoms with Crippen molar-refractivity contribution in [3.05, 3.63) is 48.9 Å². The standard InChI is InChI=1S/C11H8N4/c1-2-5-10-9(4-1)8-15(14-10)11-12-6-3-7-13-11/h1-8H. The van der Waals surface area contributed by atoms with Crippen molar-refractivity contribution in [3.8, 4) is 5.95 Å². The Morgan fingerprint density at radius 2 is 1.73 bits per heavy atom. The molecule has 0 bridgehead atoms. The minimum Gasteiger partial charge on any atom is -0.220 e. The Bertz CT molecular complexity index is 553. The molecule has 0 radical (unpaired) electrons. The van der Waals surface area contributed by atoms with Crippen molar-refractivity contribution in [1.29, 1.82) is 0 Å². The van der Waals surface area contributed by atoms with Crippen LogP contribution in [0, 0.1) is 0 Å². The summed E-state index contributed by atoms with van der Waals surface area (Å²) in [4.78, 5) is 8.27. The van der Waals surface area contributed by atoms with Crippen molar-refractivity contribution in [2.75, 3.05) is 0 Å². The molecule has 4 heteroatoms. The van der Waals surface area contributed by atoms with Crippen molar-refractivity contribution >= 4 is 10.9 Å². The summed E-state index contributed by atoms with van der Waals surface area (Å²) >= 11 is 0. The summed E-state index contributed by atoms with van der Waals surface area (Å²) in [5.74, 6) is 0.591. The Hall–Kier alpha value is -2.23. The minimum absolute atomic E-state index is 0.591. The molecule has 2 heterocycles. The molecule has 0 atom stereocenters. The highest BCUT2D eigenvalue weighted by atomic mass is 15.3. The molecule has 0 N–H and O–H groups in total. The third-order valence-corrected chi connectivity index (χ3v) is 2.17. The molecule has 2 aromatic heterocycles. The van der Waals surface area contributed by atoms with Gasteiger partial charge in [0.1, 0.15) is 0 Å². The van der Waals surface area contributed by atoms with Crippen molar-refractivity contribution in [2.45, 2.75) is 0 Å². The molecule has 0 unspecified atom stereocenters. The van der Waals surface area contributed by atoms with Gasteiger partial charge in [-0.3, -0.25) is 0 Å². The van der Waals surface area contributed by atoms with E-state index in [0.717, 1.165) is 10.9 Å². The Morgan fingerprint density at radius 1 is 0.933 bits per heavy atom. The molecule has 1 aromatic carbocycles. The second-order valence-electron chi connectivity index (χ2n) is 3.18. The maximum absolute atomic E-state index is 4.37. The fraction of sp³-hybridized carbons (Fsp3) is 0. The van der Waals surface area contributed by atoms with Crippen LogP contribution < -0.4 is 0 Å². The smallest absolute Gasteiger partial charge is 0.220 e. The van der Waals surface area contributed by atoms with Gasteiger partial charge in [-0.05, 0) is 12.1 Å². The first-order valence-corrected chi connectivity index (χ1v) is 4.65. The Morgan fingerprint density at radius 3 is 2.53 bits per heavy atom. The number of nitrogens with zero attached hydrogens (tertiary/aromatic N) is 4. The number of hydrogen-bond donors (Lipinski definition) is 0. The Kier molecular flexibility index (Phi) is 1.71. The topological polar surface area (TPSA) is 43.6 Å². The number of rotatable bonds is 1. The van der Waals surface area contributed by atoms with Crippen LogP contribution in [0.3, 0.4) is 0 Å². The second kappa shape index (κ2) is 3.16. The van der Waals surface area contributed by atoms with E-state index in [-0.39, 0.29) is 0 Å². The molecular formula is C11H8N4. The SMILES string of the molecule is c1cnc(-n2cc3ccccc3n2)nc1. The van der Waals surface area contributed by atoms with Gasteiger partial charge in [0.2, 0.25) is 5.95 Å². The molecule has 3 aromatic rings. The quantitative estimate of drug-likeness (QED) is 0.596. The maximum Gasteiger partial charge on any atom is 0.250 e. The summed E-state index contributed by atoms with van der Waals surface area (Å²) in [6.45, 7) is 0. The number of hydrogen-bond acceptors (Lipinski definition) is 3. The van der Waals surface area contributed by atoms with E-state index in [2.05, 4.69) is 15.1 Å². The minimum atomic E-state index is 0.591. The normalized spacial score (nSPS) is 10.7. The molecular weight excluding hydrogens is 188 g/mol. The van der Waals surface area contributed by atoms with E-state index in [1.165, 1.54) is 0 Å². The van der Waals surface area contributed by atoms with Crippen LogP contribution in [0.5, 0.6) is 0 Å². The van der Waals surface area contributed by atoms with Crippen LogP contribution in [-0.2, 0) is 0 Å². The van der Waals surface area contributed by atoms with Crippen molar-refractivity contribution in [3.63, 3.8) is 0 Å². The van der Waals surface area contributed by atoms with Gasteiger partial charge in [0.15, 0.2) is 0 Å². The van der Waals surface area contributed by atoms with E-state index >= 15 is 0 Å². The summed E-state index contributed by atoms with van der Waals surface area (Å²) in [7, 11) is 0. The highest BCUT2D eigenvalue weighted by Crippen LogP contribution is 2.12. The average molecular weight is 196 g/mol. The molecule has 72 valence electrons. The predicted octanol–water partition coefficient (Wildman–Crippen LogP) is 1.82. The zero-order valence-electron chi connectivity index (χ0n) is 7.91. The van der Waals surface area contributed by atoms with Crippen LogP contribution in [0.1, 0.15) is 0 Å². The van der Waals surface area contributed by atoms with Gasteiger partial charge >= 0.3 is 0 Å². The Labute approximate surface area is 86.2 Å². The van der Waals surface area contributed by atoms with Gasteiger partial charge in [-0.25, -0.2) is 14.6 Å². The maximum atomic E-state index is 4.37. The molecule has 4 nitrogen and oxygen atoms in total. The van der Waals surface area contributed by atoms with E-state index in [9.17, 15) is 0 Å². The summed E-state index contributed by atoms with van der Waals surface area (Å²) in [6.07, 6.45) is 5.33. The van der Waals surface area contributed by atoms with E-state index in [1.54, 1.807) is 23.1 Å². The fourth-order valence-electron chi connectivity index (χ4n) is 1.48. The highest BCUT2D eigenvalue weighted by Gasteiger charge is 2.02. The molecule has 0 amide bonds. The van der Waals surface area contributed by atoms with Crippen LogP contribution in [-0.4, -0.2) is 19.7 Å². The highest BCUT2D eigenvalue weighted by molar-refractivity contribution is 5.78. The molecule has 15 heavy (non-hydrogen) atoms. The van der Waals surface area contributed by atoms with Crippen LogP contribution in [0.25, 0.3) is 16.9 Å². The fourth-order valence-corrected chi connectivity index (χ4v) is 1.48. The van der Waals surface area contributed by atoms with Gasteiger partial charge in [-0.1, -0.05) is 18.2 Å². The van der Waals surface area contributed by atoms with Gasteiger partial charge in [-0.2, -0.15) is 5.10 Å². The number of benzene rings is 1. The zero-order valence-corrected chi connectivity index (χ0v) is 7.91. The van der Waals surface area contributed by atoms with E-state index in [1.807, 2.05) is 30.5 Å². The van der Waals surface area contributed by atoms with Crippen molar-refractivity contribution in [2.24, 2.45) is 0 Å². The molecule has 0 saturated carbocycles. The second-order valence-corrected chi connectivity index (χ2v) is 3.18. The van der Waals surface area contributed by atoms with Crippen LogP contribution in [0.15, 0.2) is 48.9 Å². The first-order valence-electron chi connectivity index (χ1n) is 4.65. The first-order chi connectivity index (χ1) is 7.43. The molecule has 0 aliphatic carbocycles. The van der Waals surface area contributed by atoms with Crippen LogP contribution >= 0.6 is 0 Å². The van der Waals surface area contributed by atoms with E-state index < -0.39 is 0 Å². The average Bonchev–Trinajstić information content (AvgIpc) is 2.74. The van der Waals surface area contributed by atoms with Gasteiger partial charge in [0.05, 0.1) is 5.52 Å². The third kappa shape index (κ3) is 1.36. The molecule has 3 rings (SSSR count). The Balaban J connectivity index is 2.21. The van der Waals surface area contributed by atoms with Crippen LogP contribution in [0.4, 0.5) is 0 Å². The summed E-state index contributed by atoms with van der Waals surface area (Å²) in [6, 6.07) is 9.72. The lowest BCUT2D eigenvalue weighted by atomic mass is 10.3. The lowest BCUT2D eigenvalue weighted by molar-refractivity contribution is 0.819. The lowest BCUT2D eigenvalue weighted by Gasteiger charge is -1.95. The predicted molar refractivity (Wildman–Crippen MR) is 56.7 cm³/mol. The summed E-state index contributed by atoms with van der Waals surface area (Å²) < 4.78 is 1.69. The van der Waals surface area contributed by atoms with Crippen LogP contribution in [0.2, 0.25) is 0 Å². The first kappa shape index (κ1) is 8.11. The summed E-state index contributed by atoms with van der Waals surface area (Å²) in [5, 5.41) is 5.46. The zero-order chi connectivity index (χ0) is 10.1. The van der Waals surface area contributed by atoms with E-state index in [0.29, 0.717) is 5.95 Å². The molecule has 0 fully saturated rings. The molecule has 0 spiro atoms.